The minimum atomic E-state index is -3.54. The number of carbonyl (C=O) groups excluding carboxylic acids is 1. The molecule has 0 bridgehead atoms. The lowest BCUT2D eigenvalue weighted by Crippen LogP contribution is -2.42. The van der Waals surface area contributed by atoms with Gasteiger partial charge in [-0.25, -0.2) is 13.8 Å². The van der Waals surface area contributed by atoms with Crippen LogP contribution in [0.25, 0.3) is 0 Å². The van der Waals surface area contributed by atoms with Gasteiger partial charge in [-0.05, 0) is 79.8 Å². The van der Waals surface area contributed by atoms with Gasteiger partial charge in [-0.3, -0.25) is 4.79 Å². The van der Waals surface area contributed by atoms with E-state index in [-0.39, 0.29) is 16.7 Å². The monoisotopic (exact) mass is 505 g/mol. The highest BCUT2D eigenvalue weighted by atomic mass is 32.2. The Morgan fingerprint density at radius 3 is 2.33 bits per heavy atom. The molecule has 1 aliphatic heterocycles. The number of nitrogens with one attached hydrogen (secondary N) is 1. The minimum Gasteiger partial charge on any atom is -0.489 e. The second kappa shape index (κ2) is 11.5. The number of amides is 1. The summed E-state index contributed by atoms with van der Waals surface area (Å²) in [6, 6.07) is 22.4. The summed E-state index contributed by atoms with van der Waals surface area (Å²) in [5, 5.41) is 4.08. The molecule has 0 spiro atoms. The van der Waals surface area contributed by atoms with Crippen molar-refractivity contribution in [3.8, 4) is 5.75 Å². The summed E-state index contributed by atoms with van der Waals surface area (Å²) in [7, 11) is -3.54. The fraction of sp³-hybridized carbons (Fsp3) is 0.286. The van der Waals surface area contributed by atoms with Crippen molar-refractivity contribution in [1.29, 1.82) is 0 Å². The van der Waals surface area contributed by atoms with E-state index in [9.17, 15) is 13.2 Å². The molecular weight excluding hydrogens is 474 g/mol. The number of hydrogen-bond donors (Lipinski definition) is 1. The lowest BCUT2D eigenvalue weighted by Gasteiger charge is -2.30. The molecule has 1 heterocycles. The quantitative estimate of drug-likeness (QED) is 0.362. The highest BCUT2D eigenvalue weighted by molar-refractivity contribution is 7.89. The molecule has 0 unspecified atom stereocenters. The maximum atomic E-state index is 12.8. The van der Waals surface area contributed by atoms with Gasteiger partial charge in [-0.1, -0.05) is 42.0 Å². The first-order valence-electron chi connectivity index (χ1n) is 12.0. The highest BCUT2D eigenvalue weighted by Gasteiger charge is 2.32. The van der Waals surface area contributed by atoms with Crippen LogP contribution in [-0.2, 0) is 21.4 Å². The van der Waals surface area contributed by atoms with E-state index in [0.29, 0.717) is 32.5 Å². The zero-order valence-electron chi connectivity index (χ0n) is 20.6. The van der Waals surface area contributed by atoms with Gasteiger partial charge in [0.25, 0.3) is 0 Å². The van der Waals surface area contributed by atoms with Crippen LogP contribution in [0.4, 0.5) is 0 Å². The molecule has 188 valence electrons. The summed E-state index contributed by atoms with van der Waals surface area (Å²) >= 11 is 0. The number of aryl methyl sites for hydroxylation is 2. The van der Waals surface area contributed by atoms with Gasteiger partial charge in [0.1, 0.15) is 12.4 Å². The van der Waals surface area contributed by atoms with Crippen molar-refractivity contribution in [3.63, 3.8) is 0 Å². The molecule has 0 saturated carbocycles. The maximum absolute atomic E-state index is 12.8. The van der Waals surface area contributed by atoms with E-state index in [2.05, 4.69) is 23.5 Å². The van der Waals surface area contributed by atoms with Crippen LogP contribution in [0.2, 0.25) is 0 Å². The van der Waals surface area contributed by atoms with E-state index in [1.165, 1.54) is 9.87 Å². The number of nitrogens with zero attached hydrogens (tertiary/aromatic N) is 2. The largest absolute Gasteiger partial charge is 0.489 e. The molecule has 1 aliphatic rings. The fourth-order valence-electron chi connectivity index (χ4n) is 4.06. The van der Waals surface area contributed by atoms with Crippen LogP contribution in [0, 0.1) is 19.8 Å². The topological polar surface area (TPSA) is 88.1 Å². The highest BCUT2D eigenvalue weighted by Crippen LogP contribution is 2.24. The standard InChI is InChI=1S/C28H31N3O4S/c1-21-7-13-27(14-8-21)36(33,34)31-17-15-24(16-18-31)28(32)30-29-19-23-9-11-26(12-10-23)35-20-25-6-4-3-5-22(25)2/h3-14,19,24H,15-18,20H2,1-2H3,(H,30,32). The number of piperidine rings is 1. The number of rotatable bonds is 8. The summed E-state index contributed by atoms with van der Waals surface area (Å²) in [6.45, 7) is 5.09. The molecule has 7 nitrogen and oxygen atoms in total. The molecule has 1 saturated heterocycles. The molecule has 3 aromatic rings. The van der Waals surface area contributed by atoms with Crippen molar-refractivity contribution < 1.29 is 17.9 Å². The predicted octanol–water partition coefficient (Wildman–Crippen LogP) is 4.43. The Hall–Kier alpha value is -3.49. The third-order valence-corrected chi connectivity index (χ3v) is 8.32. The van der Waals surface area contributed by atoms with Crippen molar-refractivity contribution in [2.24, 2.45) is 11.0 Å². The Labute approximate surface area is 212 Å². The van der Waals surface area contributed by atoms with Crippen molar-refractivity contribution in [2.75, 3.05) is 13.1 Å². The molecule has 0 aliphatic carbocycles. The van der Waals surface area contributed by atoms with E-state index in [0.717, 1.165) is 22.4 Å². The average Bonchev–Trinajstić information content (AvgIpc) is 2.89. The molecule has 1 fully saturated rings. The van der Waals surface area contributed by atoms with E-state index in [4.69, 9.17) is 4.74 Å². The number of hydrogen-bond acceptors (Lipinski definition) is 5. The zero-order valence-corrected chi connectivity index (χ0v) is 21.4. The Bertz CT molecular complexity index is 1310. The normalized spacial score (nSPS) is 15.2. The van der Waals surface area contributed by atoms with Crippen LogP contribution in [0.1, 0.15) is 35.1 Å². The van der Waals surface area contributed by atoms with E-state index in [1.54, 1.807) is 30.5 Å². The van der Waals surface area contributed by atoms with Crippen molar-refractivity contribution >= 4 is 22.1 Å². The average molecular weight is 506 g/mol. The first kappa shape index (κ1) is 25.6. The van der Waals surface area contributed by atoms with E-state index < -0.39 is 10.0 Å². The van der Waals surface area contributed by atoms with Gasteiger partial charge in [-0.15, -0.1) is 0 Å². The molecule has 8 heteroatoms. The lowest BCUT2D eigenvalue weighted by molar-refractivity contribution is -0.126. The second-order valence-electron chi connectivity index (χ2n) is 9.01. The van der Waals surface area contributed by atoms with Crippen LogP contribution in [0.5, 0.6) is 5.75 Å². The third-order valence-electron chi connectivity index (χ3n) is 6.41. The van der Waals surface area contributed by atoms with Crippen molar-refractivity contribution in [2.45, 2.75) is 38.2 Å². The number of sulfonamides is 1. The Kier molecular flexibility index (Phi) is 8.18. The van der Waals surface area contributed by atoms with Gasteiger partial charge >= 0.3 is 0 Å². The zero-order chi connectivity index (χ0) is 25.5. The molecule has 4 rings (SSSR count). The first-order valence-corrected chi connectivity index (χ1v) is 13.4. The van der Waals surface area contributed by atoms with E-state index >= 15 is 0 Å². The molecule has 1 amide bonds. The molecule has 0 radical (unpaired) electrons. The van der Waals surface area contributed by atoms with Crippen LogP contribution < -0.4 is 10.2 Å². The van der Waals surface area contributed by atoms with Gasteiger partial charge in [0.15, 0.2) is 0 Å². The second-order valence-corrected chi connectivity index (χ2v) is 10.9. The van der Waals surface area contributed by atoms with Gasteiger partial charge in [0.05, 0.1) is 11.1 Å². The summed E-state index contributed by atoms with van der Waals surface area (Å²) < 4.78 is 33.0. The van der Waals surface area contributed by atoms with Gasteiger partial charge in [-0.2, -0.15) is 9.41 Å². The first-order chi connectivity index (χ1) is 17.3. The van der Waals surface area contributed by atoms with Gasteiger partial charge in [0.2, 0.25) is 15.9 Å². The fourth-order valence-corrected chi connectivity index (χ4v) is 5.53. The molecule has 1 N–H and O–H groups in total. The Morgan fingerprint density at radius 2 is 1.67 bits per heavy atom. The summed E-state index contributed by atoms with van der Waals surface area (Å²) in [4.78, 5) is 12.8. The Balaban J connectivity index is 1.23. The van der Waals surface area contributed by atoms with E-state index in [1.807, 2.05) is 49.4 Å². The molecule has 0 aromatic heterocycles. The minimum absolute atomic E-state index is 0.197. The smallest absolute Gasteiger partial charge is 0.243 e. The van der Waals surface area contributed by atoms with Crippen LogP contribution in [0.3, 0.4) is 0 Å². The summed E-state index contributed by atoms with van der Waals surface area (Å²) in [5.41, 5.74) is 6.76. The van der Waals surface area contributed by atoms with Crippen LogP contribution in [0.15, 0.2) is 82.8 Å². The molecular formula is C28H31N3O4S. The van der Waals surface area contributed by atoms with Crippen LogP contribution in [-0.4, -0.2) is 37.9 Å². The predicted molar refractivity (Wildman–Crippen MR) is 140 cm³/mol. The number of carbonyl (C=O) groups is 1. The van der Waals surface area contributed by atoms with Gasteiger partial charge < -0.3 is 4.74 Å². The number of ether oxygens (including phenoxy) is 1. The number of hydrazone groups is 1. The van der Waals surface area contributed by atoms with Crippen molar-refractivity contribution in [1.82, 2.24) is 9.73 Å². The maximum Gasteiger partial charge on any atom is 0.243 e. The lowest BCUT2D eigenvalue weighted by atomic mass is 9.98. The van der Waals surface area contributed by atoms with Gasteiger partial charge in [0, 0.05) is 19.0 Å². The third kappa shape index (κ3) is 6.38. The van der Waals surface area contributed by atoms with Crippen molar-refractivity contribution in [3.05, 3.63) is 95.1 Å². The molecule has 3 aromatic carbocycles. The number of benzene rings is 3. The molecule has 0 atom stereocenters. The summed E-state index contributed by atoms with van der Waals surface area (Å²) in [5.74, 6) is 0.285. The summed E-state index contributed by atoms with van der Waals surface area (Å²) in [6.07, 6.45) is 2.50. The SMILES string of the molecule is Cc1ccc(S(=O)(=O)N2CCC(C(=O)NN=Cc3ccc(OCc4ccccc4C)cc3)CC2)cc1. The molecule has 36 heavy (non-hydrogen) atoms. The Morgan fingerprint density at radius 1 is 1.00 bits per heavy atom. The van der Waals surface area contributed by atoms with Crippen LogP contribution >= 0.6 is 0 Å².